The zero-order chi connectivity index (χ0) is 25.2. The van der Waals surface area contributed by atoms with Crippen LogP contribution in [0.1, 0.15) is 44.2 Å². The number of anilines is 1. The number of carbonyl (C=O) groups excluding carboxylic acids is 1. The summed E-state index contributed by atoms with van der Waals surface area (Å²) in [5.41, 5.74) is 7.67. The molecule has 0 spiro atoms. The van der Waals surface area contributed by atoms with Crippen molar-refractivity contribution in [1.82, 2.24) is 4.90 Å². The van der Waals surface area contributed by atoms with E-state index in [1.807, 2.05) is 36.9 Å². The normalized spacial score (nSPS) is 19.9. The van der Waals surface area contributed by atoms with Crippen molar-refractivity contribution < 1.29 is 23.9 Å². The first-order valence-electron chi connectivity index (χ1n) is 11.6. The molecule has 1 amide bonds. The molecular formula is C25H32N4O5S. The Labute approximate surface area is 208 Å². The molecule has 4 rings (SSSR count). The molecule has 2 aliphatic rings. The number of nitrogens with two attached hydrogens (primary N) is 1. The van der Waals surface area contributed by atoms with E-state index in [-0.39, 0.29) is 23.4 Å². The first kappa shape index (κ1) is 25.0. The maximum atomic E-state index is 13.2. The number of amides is 1. The number of amidine groups is 1. The van der Waals surface area contributed by atoms with Crippen molar-refractivity contribution in [2.75, 3.05) is 31.5 Å². The summed E-state index contributed by atoms with van der Waals surface area (Å²) in [4.78, 5) is 15.1. The molecule has 188 valence electrons. The number of carbonyl (C=O) groups is 1. The van der Waals surface area contributed by atoms with Crippen LogP contribution in [0, 0.1) is 5.92 Å². The third-order valence-electron chi connectivity index (χ3n) is 6.56. The number of hydrogen-bond donors (Lipinski definition) is 3. The molecule has 2 atom stereocenters. The van der Waals surface area contributed by atoms with Gasteiger partial charge in [-0.05, 0) is 52.5 Å². The van der Waals surface area contributed by atoms with Crippen molar-refractivity contribution in [2.24, 2.45) is 16.0 Å². The molecule has 0 aromatic heterocycles. The van der Waals surface area contributed by atoms with E-state index in [4.69, 9.17) is 15.2 Å². The molecule has 1 saturated heterocycles. The zero-order valence-corrected chi connectivity index (χ0v) is 21.1. The fourth-order valence-corrected chi connectivity index (χ4v) is 5.26. The maximum absolute atomic E-state index is 13.2. The first-order valence-corrected chi connectivity index (χ1v) is 12.7. The van der Waals surface area contributed by atoms with Crippen LogP contribution in [0.4, 0.5) is 5.69 Å². The first-order chi connectivity index (χ1) is 16.7. The van der Waals surface area contributed by atoms with Gasteiger partial charge >= 0.3 is 0 Å². The molecule has 1 fully saturated rings. The number of phenols is 1. The van der Waals surface area contributed by atoms with Gasteiger partial charge in [0.1, 0.15) is 5.75 Å². The van der Waals surface area contributed by atoms with Crippen LogP contribution >= 0.6 is 0 Å². The minimum absolute atomic E-state index is 0.0657. The molecule has 0 bridgehead atoms. The van der Waals surface area contributed by atoms with Crippen LogP contribution in [0.25, 0.3) is 0 Å². The number of nitrogens with one attached hydrogen (secondary N) is 1. The highest BCUT2D eigenvalue weighted by atomic mass is 32.2. The molecule has 0 radical (unpaired) electrons. The van der Waals surface area contributed by atoms with Crippen LogP contribution in [0.3, 0.4) is 0 Å². The number of piperidine rings is 1. The second kappa shape index (κ2) is 10.2. The second-order valence-corrected chi connectivity index (χ2v) is 10.5. The third-order valence-corrected chi connectivity index (χ3v) is 7.32. The van der Waals surface area contributed by atoms with Gasteiger partial charge in [0, 0.05) is 25.4 Å². The summed E-state index contributed by atoms with van der Waals surface area (Å²) in [6, 6.07) is 10.7. The Morgan fingerprint density at radius 3 is 2.89 bits per heavy atom. The maximum Gasteiger partial charge on any atom is 0.223 e. The van der Waals surface area contributed by atoms with Crippen LogP contribution < -0.4 is 19.9 Å². The SMILES string of the molecule is COc1ccc(C(C)(C)CC(=O)N2CCCC(COc3cccc4c3C(N)=N[S+]([O-])N4)C2)cc1O. The van der Waals surface area contributed by atoms with Crippen molar-refractivity contribution in [3.63, 3.8) is 0 Å². The molecule has 35 heavy (non-hydrogen) atoms. The third kappa shape index (κ3) is 5.59. The van der Waals surface area contributed by atoms with Crippen LogP contribution in [-0.4, -0.2) is 53.1 Å². The van der Waals surface area contributed by atoms with E-state index in [0.717, 1.165) is 24.9 Å². The number of nitrogens with zero attached hydrogens (tertiary/aromatic N) is 2. The molecule has 2 aliphatic heterocycles. The summed E-state index contributed by atoms with van der Waals surface area (Å²) >= 11 is -1.59. The van der Waals surface area contributed by atoms with Gasteiger partial charge in [0.2, 0.25) is 17.5 Å². The van der Waals surface area contributed by atoms with Crippen LogP contribution in [0.2, 0.25) is 0 Å². The molecule has 2 aromatic rings. The van der Waals surface area contributed by atoms with Crippen LogP contribution in [0.5, 0.6) is 17.2 Å². The number of benzene rings is 2. The van der Waals surface area contributed by atoms with Gasteiger partial charge in [-0.15, -0.1) is 0 Å². The van der Waals surface area contributed by atoms with Crippen molar-refractivity contribution in [3.05, 3.63) is 47.5 Å². The van der Waals surface area contributed by atoms with Crippen LogP contribution in [0.15, 0.2) is 40.8 Å². The molecule has 2 unspecified atom stereocenters. The Bertz CT molecular complexity index is 1120. The van der Waals surface area contributed by atoms with Crippen molar-refractivity contribution >= 4 is 29.0 Å². The Balaban J connectivity index is 1.38. The number of hydrogen-bond acceptors (Lipinski definition) is 8. The largest absolute Gasteiger partial charge is 0.566 e. The molecule has 0 saturated carbocycles. The highest BCUT2D eigenvalue weighted by molar-refractivity contribution is 7.91. The molecule has 0 aliphatic carbocycles. The van der Waals surface area contributed by atoms with Gasteiger partial charge in [0.25, 0.3) is 0 Å². The number of rotatable bonds is 7. The summed E-state index contributed by atoms with van der Waals surface area (Å²) in [6.45, 7) is 5.77. The van der Waals surface area contributed by atoms with Gasteiger partial charge in [-0.3, -0.25) is 4.79 Å². The van der Waals surface area contributed by atoms with Crippen molar-refractivity contribution in [2.45, 2.75) is 38.5 Å². The number of likely N-dealkylation sites (tertiary alicyclic amines) is 1. The minimum Gasteiger partial charge on any atom is -0.566 e. The van der Waals surface area contributed by atoms with Gasteiger partial charge in [-0.25, -0.2) is 0 Å². The summed E-state index contributed by atoms with van der Waals surface area (Å²) < 4.78 is 29.6. The monoisotopic (exact) mass is 500 g/mol. The number of methoxy groups -OCH3 is 1. The average Bonchev–Trinajstić information content (AvgIpc) is 2.82. The molecule has 10 heteroatoms. The topological polar surface area (TPSA) is 132 Å². The number of ether oxygens (including phenoxy) is 2. The van der Waals surface area contributed by atoms with E-state index < -0.39 is 17.0 Å². The van der Waals surface area contributed by atoms with Gasteiger partial charge in [0.05, 0.1) is 25.0 Å². The predicted octanol–water partition coefficient (Wildman–Crippen LogP) is 3.10. The minimum atomic E-state index is -1.59. The fourth-order valence-electron chi connectivity index (χ4n) is 4.59. The summed E-state index contributed by atoms with van der Waals surface area (Å²) in [5.74, 6) is 1.50. The van der Waals surface area contributed by atoms with Gasteiger partial charge in [0.15, 0.2) is 17.3 Å². The van der Waals surface area contributed by atoms with E-state index >= 15 is 0 Å². The molecule has 2 heterocycles. The lowest BCUT2D eigenvalue weighted by atomic mass is 9.80. The number of aromatic hydroxyl groups is 1. The lowest BCUT2D eigenvalue weighted by molar-refractivity contribution is -0.134. The molecular weight excluding hydrogens is 468 g/mol. The van der Waals surface area contributed by atoms with Crippen molar-refractivity contribution in [3.8, 4) is 17.2 Å². The zero-order valence-electron chi connectivity index (χ0n) is 20.2. The Morgan fingerprint density at radius 2 is 2.14 bits per heavy atom. The number of phenolic OH excluding ortho intramolecular Hbond substituents is 1. The van der Waals surface area contributed by atoms with E-state index in [1.54, 1.807) is 18.2 Å². The fraction of sp³-hybridized carbons (Fsp3) is 0.440. The Morgan fingerprint density at radius 1 is 1.34 bits per heavy atom. The Kier molecular flexibility index (Phi) is 7.32. The summed E-state index contributed by atoms with van der Waals surface area (Å²) in [5, 5.41) is 10.2. The van der Waals surface area contributed by atoms with E-state index in [9.17, 15) is 14.5 Å². The summed E-state index contributed by atoms with van der Waals surface area (Å²) in [6.07, 6.45) is 2.19. The van der Waals surface area contributed by atoms with Gasteiger partial charge in [-0.1, -0.05) is 26.0 Å². The van der Waals surface area contributed by atoms with E-state index in [0.29, 0.717) is 42.3 Å². The lowest BCUT2D eigenvalue weighted by Crippen LogP contribution is -2.43. The number of fused-ring (bicyclic) bond motifs is 1. The standard InChI is InChI=1S/C25H32N4O5S/c1-25(2,17-9-10-20(33-3)19(30)12-17)13-22(31)29-11-5-6-16(14-29)15-34-21-8-4-7-18-23(21)24(26)28-35(32)27-18/h4,7-10,12,16,27,30H,5-6,11,13-15H2,1-3H3,(H2,26,28). The smallest absolute Gasteiger partial charge is 0.223 e. The van der Waals surface area contributed by atoms with E-state index in [1.165, 1.54) is 7.11 Å². The average molecular weight is 501 g/mol. The molecule has 2 aromatic carbocycles. The van der Waals surface area contributed by atoms with Crippen LogP contribution in [-0.2, 0) is 21.8 Å². The summed E-state index contributed by atoms with van der Waals surface area (Å²) in [7, 11) is 1.51. The quantitative estimate of drug-likeness (QED) is 0.498. The molecule has 9 nitrogen and oxygen atoms in total. The highest BCUT2D eigenvalue weighted by Gasteiger charge is 2.31. The van der Waals surface area contributed by atoms with Crippen molar-refractivity contribution in [1.29, 1.82) is 0 Å². The highest BCUT2D eigenvalue weighted by Crippen LogP contribution is 2.35. The second-order valence-electron chi connectivity index (χ2n) is 9.61. The van der Waals surface area contributed by atoms with Gasteiger partial charge in [-0.2, -0.15) is 4.72 Å². The Hall–Kier alpha value is -3.11. The lowest BCUT2D eigenvalue weighted by Gasteiger charge is -2.35. The predicted molar refractivity (Wildman–Crippen MR) is 136 cm³/mol. The molecule has 4 N–H and O–H groups in total. The van der Waals surface area contributed by atoms with Gasteiger partial charge < -0.3 is 29.8 Å². The van der Waals surface area contributed by atoms with E-state index in [2.05, 4.69) is 9.12 Å².